The third kappa shape index (κ3) is 6.30. The van der Waals surface area contributed by atoms with Crippen molar-refractivity contribution in [1.29, 1.82) is 0 Å². The molecular formula is C20H26F3N5O4S. The molecule has 2 saturated heterocycles. The number of ether oxygens (including phenoxy) is 1. The first-order chi connectivity index (χ1) is 15.5. The molecule has 13 heteroatoms. The minimum absolute atomic E-state index is 0.0288. The van der Waals surface area contributed by atoms with Crippen LogP contribution < -0.4 is 5.32 Å². The van der Waals surface area contributed by atoms with Gasteiger partial charge in [-0.2, -0.15) is 18.3 Å². The fourth-order valence-corrected chi connectivity index (χ4v) is 4.71. The number of carbonyl (C=O) groups excluding carboxylic acids is 1. The van der Waals surface area contributed by atoms with Crippen LogP contribution in [0, 0.1) is 12.8 Å². The molecular weight excluding hydrogens is 463 g/mol. The summed E-state index contributed by atoms with van der Waals surface area (Å²) in [7, 11) is 2.00. The maximum atomic E-state index is 12.0. The van der Waals surface area contributed by atoms with E-state index in [1.165, 1.54) is 17.0 Å². The first-order valence-corrected chi connectivity index (χ1v) is 11.3. The lowest BCUT2D eigenvalue weighted by Gasteiger charge is -2.50. The van der Waals surface area contributed by atoms with E-state index in [0.717, 1.165) is 44.8 Å². The summed E-state index contributed by atoms with van der Waals surface area (Å²) in [6, 6.07) is 2.14. The fourth-order valence-electron chi connectivity index (χ4n) is 4.18. The highest BCUT2D eigenvalue weighted by atomic mass is 32.1. The van der Waals surface area contributed by atoms with Crippen molar-refractivity contribution in [3.8, 4) is 0 Å². The van der Waals surface area contributed by atoms with E-state index in [0.29, 0.717) is 18.2 Å². The Labute approximate surface area is 192 Å². The molecule has 2 aromatic heterocycles. The fraction of sp³-hybridized carbons (Fsp3) is 0.600. The van der Waals surface area contributed by atoms with Crippen LogP contribution in [0.1, 0.15) is 34.7 Å². The van der Waals surface area contributed by atoms with Crippen LogP contribution in [0.5, 0.6) is 0 Å². The predicted molar refractivity (Wildman–Crippen MR) is 113 cm³/mol. The van der Waals surface area contributed by atoms with Crippen molar-refractivity contribution < 1.29 is 32.6 Å². The number of amides is 1. The maximum Gasteiger partial charge on any atom is 0.490 e. The third-order valence-electron chi connectivity index (χ3n) is 5.75. The number of rotatable bonds is 6. The molecule has 182 valence electrons. The number of nitrogens with zero attached hydrogens (tertiary/aromatic N) is 4. The average Bonchev–Trinajstić information content (AvgIpc) is 3.42. The summed E-state index contributed by atoms with van der Waals surface area (Å²) in [5.41, 5.74) is 4.46. The standard InChI is InChI=1S/C18H25N5O2S.C2HF3O2/c1-13-7-15(22(2)21-13)8-23-10-18(11-23)14(4-6-25-18)3-5-19-17(24)16-9-26-12-20-16;3-2(4,5)1(6)7/h7,9,12,14H,3-6,8,10-11H2,1-2H3,(H,19,24);(H,6,7). The normalized spacial score (nSPS) is 19.6. The monoisotopic (exact) mass is 489 g/mol. The van der Waals surface area contributed by atoms with Gasteiger partial charge in [-0.25, -0.2) is 9.78 Å². The van der Waals surface area contributed by atoms with E-state index in [1.54, 1.807) is 10.9 Å². The SMILES string of the molecule is Cc1cc(CN2CC3(C2)OCCC3CCNC(=O)c2cscn2)n(C)n1.O=C(O)C(F)(F)F. The zero-order valence-electron chi connectivity index (χ0n) is 18.3. The molecule has 33 heavy (non-hydrogen) atoms. The molecule has 1 unspecified atom stereocenters. The van der Waals surface area contributed by atoms with Gasteiger partial charge in [0.1, 0.15) is 5.69 Å². The smallest absolute Gasteiger partial charge is 0.475 e. The highest BCUT2D eigenvalue weighted by Gasteiger charge is 2.52. The van der Waals surface area contributed by atoms with E-state index in [4.69, 9.17) is 14.6 Å². The quantitative estimate of drug-likeness (QED) is 0.640. The average molecular weight is 490 g/mol. The Bertz CT molecular complexity index is 958. The molecule has 4 heterocycles. The Morgan fingerprint density at radius 1 is 1.39 bits per heavy atom. The number of aromatic nitrogens is 3. The second kappa shape index (κ2) is 10.2. The largest absolute Gasteiger partial charge is 0.490 e. The molecule has 2 aromatic rings. The zero-order chi connectivity index (χ0) is 24.2. The van der Waals surface area contributed by atoms with Crippen LogP contribution in [0.15, 0.2) is 17.0 Å². The summed E-state index contributed by atoms with van der Waals surface area (Å²) in [6.45, 7) is 6.35. The van der Waals surface area contributed by atoms with E-state index < -0.39 is 12.1 Å². The number of carboxylic acids is 1. The number of alkyl halides is 3. The first kappa shape index (κ1) is 25.1. The Morgan fingerprint density at radius 3 is 2.64 bits per heavy atom. The van der Waals surface area contributed by atoms with Crippen molar-refractivity contribution in [1.82, 2.24) is 25.0 Å². The van der Waals surface area contributed by atoms with Gasteiger partial charge in [-0.1, -0.05) is 0 Å². The molecule has 9 nitrogen and oxygen atoms in total. The minimum Gasteiger partial charge on any atom is -0.475 e. The van der Waals surface area contributed by atoms with Crippen molar-refractivity contribution in [3.63, 3.8) is 0 Å². The molecule has 4 rings (SSSR count). The van der Waals surface area contributed by atoms with Gasteiger partial charge in [0, 0.05) is 45.2 Å². The maximum absolute atomic E-state index is 12.0. The van der Waals surface area contributed by atoms with E-state index in [1.807, 2.05) is 18.7 Å². The van der Waals surface area contributed by atoms with Gasteiger partial charge in [0.15, 0.2) is 0 Å². The van der Waals surface area contributed by atoms with Crippen LogP contribution in [-0.4, -0.2) is 74.7 Å². The number of carbonyl (C=O) groups is 2. The zero-order valence-corrected chi connectivity index (χ0v) is 19.1. The summed E-state index contributed by atoms with van der Waals surface area (Å²) >= 11 is 1.44. The summed E-state index contributed by atoms with van der Waals surface area (Å²) in [4.78, 5) is 27.4. The Hall–Kier alpha value is -2.51. The molecule has 0 radical (unpaired) electrons. The van der Waals surface area contributed by atoms with Gasteiger partial charge in [-0.05, 0) is 31.7 Å². The number of aliphatic carboxylic acids is 1. The highest BCUT2D eigenvalue weighted by molar-refractivity contribution is 7.07. The van der Waals surface area contributed by atoms with E-state index in [2.05, 4.69) is 26.4 Å². The van der Waals surface area contributed by atoms with Crippen LogP contribution in [0.25, 0.3) is 0 Å². The van der Waals surface area contributed by atoms with E-state index in [9.17, 15) is 18.0 Å². The van der Waals surface area contributed by atoms with Gasteiger partial charge in [0.05, 0.1) is 22.5 Å². The van der Waals surface area contributed by atoms with Crippen LogP contribution >= 0.6 is 11.3 Å². The lowest BCUT2D eigenvalue weighted by molar-refractivity contribution is -0.192. The van der Waals surface area contributed by atoms with Crippen molar-refractivity contribution >= 4 is 23.2 Å². The number of carboxylic acid groups (broad SMARTS) is 1. The lowest BCUT2D eigenvalue weighted by atomic mass is 9.79. The van der Waals surface area contributed by atoms with Crippen molar-refractivity contribution in [2.24, 2.45) is 13.0 Å². The third-order valence-corrected chi connectivity index (χ3v) is 6.34. The molecule has 2 fully saturated rings. The molecule has 1 spiro atoms. The molecule has 2 aliphatic rings. The molecule has 0 saturated carbocycles. The number of likely N-dealkylation sites (tertiary alicyclic amines) is 1. The molecule has 0 aromatic carbocycles. The van der Waals surface area contributed by atoms with Gasteiger partial charge >= 0.3 is 12.1 Å². The number of nitrogens with one attached hydrogen (secondary N) is 1. The second-order valence-electron chi connectivity index (χ2n) is 8.17. The minimum atomic E-state index is -5.08. The Kier molecular flexibility index (Phi) is 7.75. The second-order valence-corrected chi connectivity index (χ2v) is 8.88. The molecule has 0 aliphatic carbocycles. The number of hydrogen-bond acceptors (Lipinski definition) is 7. The molecule has 0 bridgehead atoms. The summed E-state index contributed by atoms with van der Waals surface area (Å²) in [6.07, 6.45) is -3.06. The summed E-state index contributed by atoms with van der Waals surface area (Å²) in [5.74, 6) is -2.34. The molecule has 1 atom stereocenters. The number of aryl methyl sites for hydroxylation is 2. The van der Waals surface area contributed by atoms with Gasteiger partial charge in [-0.15, -0.1) is 11.3 Å². The van der Waals surface area contributed by atoms with Gasteiger partial charge in [0.2, 0.25) is 0 Å². The lowest BCUT2D eigenvalue weighted by Crippen LogP contribution is -2.64. The van der Waals surface area contributed by atoms with Gasteiger partial charge < -0.3 is 15.2 Å². The van der Waals surface area contributed by atoms with E-state index >= 15 is 0 Å². The van der Waals surface area contributed by atoms with Gasteiger partial charge in [-0.3, -0.25) is 14.4 Å². The van der Waals surface area contributed by atoms with Crippen LogP contribution in [-0.2, 0) is 23.1 Å². The summed E-state index contributed by atoms with van der Waals surface area (Å²) in [5, 5.41) is 16.3. The molecule has 1 amide bonds. The van der Waals surface area contributed by atoms with Crippen molar-refractivity contribution in [3.05, 3.63) is 34.0 Å². The summed E-state index contributed by atoms with van der Waals surface area (Å²) < 4.78 is 39.8. The van der Waals surface area contributed by atoms with E-state index in [-0.39, 0.29) is 11.5 Å². The topological polar surface area (TPSA) is 110 Å². The van der Waals surface area contributed by atoms with Crippen LogP contribution in [0.2, 0.25) is 0 Å². The number of hydrogen-bond donors (Lipinski definition) is 2. The molecule has 2 aliphatic heterocycles. The first-order valence-electron chi connectivity index (χ1n) is 10.3. The van der Waals surface area contributed by atoms with Crippen molar-refractivity contribution in [2.75, 3.05) is 26.2 Å². The Morgan fingerprint density at radius 2 is 2.09 bits per heavy atom. The number of thiazole rings is 1. The predicted octanol–water partition coefficient (Wildman–Crippen LogP) is 2.23. The van der Waals surface area contributed by atoms with Crippen molar-refractivity contribution in [2.45, 2.75) is 38.1 Å². The van der Waals surface area contributed by atoms with Gasteiger partial charge in [0.25, 0.3) is 5.91 Å². The Balaban J connectivity index is 0.000000383. The number of halogens is 3. The molecule has 2 N–H and O–H groups in total. The van der Waals surface area contributed by atoms with Crippen LogP contribution in [0.3, 0.4) is 0 Å². The highest BCUT2D eigenvalue weighted by Crippen LogP contribution is 2.42. The van der Waals surface area contributed by atoms with Crippen LogP contribution in [0.4, 0.5) is 13.2 Å².